The predicted octanol–water partition coefficient (Wildman–Crippen LogP) is 3.95. The van der Waals surface area contributed by atoms with Crippen molar-refractivity contribution in [2.24, 2.45) is 0 Å². The molecule has 0 aliphatic carbocycles. The summed E-state index contributed by atoms with van der Waals surface area (Å²) < 4.78 is 19.6. The maximum absolute atomic E-state index is 13.7. The second-order valence-corrected chi connectivity index (χ2v) is 6.52. The van der Waals surface area contributed by atoms with Gasteiger partial charge in [-0.3, -0.25) is 9.59 Å². The second-order valence-electron chi connectivity index (χ2n) is 5.60. The van der Waals surface area contributed by atoms with Crippen molar-refractivity contribution in [3.05, 3.63) is 63.9 Å². The Labute approximate surface area is 159 Å². The number of hydrogen-bond acceptors (Lipinski definition) is 3. The van der Waals surface area contributed by atoms with Crippen LogP contribution in [0.3, 0.4) is 0 Å². The Morgan fingerprint density at radius 3 is 2.58 bits per heavy atom. The molecule has 0 spiro atoms. The SMILES string of the molecule is COc1ccc(C(=O)N(C)C)cc1NC(=O)/C=C/c1cc(Br)ccc1F. The molecule has 26 heavy (non-hydrogen) atoms. The van der Waals surface area contributed by atoms with Gasteiger partial charge in [-0.1, -0.05) is 15.9 Å². The van der Waals surface area contributed by atoms with Crippen LogP contribution in [0.2, 0.25) is 0 Å². The summed E-state index contributed by atoms with van der Waals surface area (Å²) in [6.07, 6.45) is 2.58. The molecule has 2 aromatic carbocycles. The third kappa shape index (κ3) is 4.92. The molecule has 0 saturated heterocycles. The van der Waals surface area contributed by atoms with E-state index in [9.17, 15) is 14.0 Å². The maximum Gasteiger partial charge on any atom is 0.253 e. The van der Waals surface area contributed by atoms with Crippen molar-refractivity contribution < 1.29 is 18.7 Å². The first-order chi connectivity index (χ1) is 12.3. The van der Waals surface area contributed by atoms with Crippen molar-refractivity contribution in [3.63, 3.8) is 0 Å². The molecule has 0 atom stereocenters. The summed E-state index contributed by atoms with van der Waals surface area (Å²) in [5, 5.41) is 2.64. The molecule has 0 bridgehead atoms. The van der Waals surface area contributed by atoms with Gasteiger partial charge >= 0.3 is 0 Å². The monoisotopic (exact) mass is 420 g/mol. The minimum Gasteiger partial charge on any atom is -0.495 e. The normalized spacial score (nSPS) is 10.7. The van der Waals surface area contributed by atoms with E-state index in [1.54, 1.807) is 38.4 Å². The number of benzene rings is 2. The Morgan fingerprint density at radius 1 is 1.19 bits per heavy atom. The first-order valence-electron chi connectivity index (χ1n) is 7.65. The van der Waals surface area contributed by atoms with Crippen LogP contribution in [0, 0.1) is 5.82 Å². The lowest BCUT2D eigenvalue weighted by atomic mass is 10.1. The lowest BCUT2D eigenvalue weighted by Crippen LogP contribution is -2.22. The number of ether oxygens (including phenoxy) is 1. The molecule has 0 aliphatic rings. The zero-order chi connectivity index (χ0) is 19.3. The molecule has 2 amide bonds. The van der Waals surface area contributed by atoms with E-state index in [1.165, 1.54) is 36.3 Å². The zero-order valence-electron chi connectivity index (χ0n) is 14.5. The molecule has 7 heteroatoms. The molecule has 0 heterocycles. The summed E-state index contributed by atoms with van der Waals surface area (Å²) in [6.45, 7) is 0. The lowest BCUT2D eigenvalue weighted by Gasteiger charge is -2.14. The molecule has 0 aromatic heterocycles. The van der Waals surface area contributed by atoms with Crippen molar-refractivity contribution in [1.82, 2.24) is 4.90 Å². The van der Waals surface area contributed by atoms with Gasteiger partial charge in [-0.25, -0.2) is 4.39 Å². The molecule has 0 aliphatic heterocycles. The Balaban J connectivity index is 2.22. The number of amides is 2. The van der Waals surface area contributed by atoms with Crippen LogP contribution in [0.25, 0.3) is 6.08 Å². The molecule has 5 nitrogen and oxygen atoms in total. The van der Waals surface area contributed by atoms with Crippen molar-refractivity contribution in [3.8, 4) is 5.75 Å². The molecular weight excluding hydrogens is 403 g/mol. The summed E-state index contributed by atoms with van der Waals surface area (Å²) in [5.74, 6) is -0.698. The number of nitrogens with one attached hydrogen (secondary N) is 1. The number of carbonyl (C=O) groups is 2. The number of halogens is 2. The van der Waals surface area contributed by atoms with Crippen molar-refractivity contribution in [2.45, 2.75) is 0 Å². The molecule has 136 valence electrons. The zero-order valence-corrected chi connectivity index (χ0v) is 16.1. The summed E-state index contributed by atoms with van der Waals surface area (Å²) in [7, 11) is 4.74. The van der Waals surface area contributed by atoms with E-state index in [0.29, 0.717) is 21.5 Å². The van der Waals surface area contributed by atoms with E-state index < -0.39 is 11.7 Å². The van der Waals surface area contributed by atoms with Gasteiger partial charge in [0.2, 0.25) is 5.91 Å². The molecular formula is C19H18BrFN2O3. The van der Waals surface area contributed by atoms with Crippen LogP contribution in [0.15, 0.2) is 46.9 Å². The Morgan fingerprint density at radius 2 is 1.92 bits per heavy atom. The largest absolute Gasteiger partial charge is 0.495 e. The van der Waals surface area contributed by atoms with Crippen LogP contribution in [-0.2, 0) is 4.79 Å². The van der Waals surface area contributed by atoms with Crippen LogP contribution in [0.5, 0.6) is 5.75 Å². The van der Waals surface area contributed by atoms with Crippen LogP contribution >= 0.6 is 15.9 Å². The first kappa shape index (κ1) is 19.7. The van der Waals surface area contributed by atoms with Crippen LogP contribution in [-0.4, -0.2) is 37.9 Å². The van der Waals surface area contributed by atoms with Crippen molar-refractivity contribution in [1.29, 1.82) is 0 Å². The second kappa shape index (κ2) is 8.62. The fourth-order valence-electron chi connectivity index (χ4n) is 2.18. The summed E-state index contributed by atoms with van der Waals surface area (Å²) in [6, 6.07) is 9.20. The van der Waals surface area contributed by atoms with Crippen LogP contribution < -0.4 is 10.1 Å². The standard InChI is InChI=1S/C19H18BrFN2O3/c1-23(2)19(25)13-4-8-17(26-3)16(11-13)22-18(24)9-5-12-10-14(20)6-7-15(12)21/h4-11H,1-3H3,(H,22,24)/b9-5+. The summed E-state index contributed by atoms with van der Waals surface area (Å²) in [5.41, 5.74) is 1.04. The van der Waals surface area contributed by atoms with Gasteiger partial charge in [-0.2, -0.15) is 0 Å². The Bertz CT molecular complexity index is 866. The lowest BCUT2D eigenvalue weighted by molar-refractivity contribution is -0.111. The van der Waals surface area contributed by atoms with Gasteiger partial charge in [0, 0.05) is 35.8 Å². The smallest absolute Gasteiger partial charge is 0.253 e. The minimum atomic E-state index is -0.475. The van der Waals surface area contributed by atoms with Crippen LogP contribution in [0.1, 0.15) is 15.9 Å². The first-order valence-corrected chi connectivity index (χ1v) is 8.45. The van der Waals surface area contributed by atoms with Gasteiger partial charge in [0.1, 0.15) is 11.6 Å². The minimum absolute atomic E-state index is 0.199. The average Bonchev–Trinajstić information content (AvgIpc) is 2.61. The van der Waals surface area contributed by atoms with E-state index in [2.05, 4.69) is 21.2 Å². The fraction of sp³-hybridized carbons (Fsp3) is 0.158. The van der Waals surface area contributed by atoms with E-state index in [-0.39, 0.29) is 11.5 Å². The number of anilines is 1. The molecule has 0 unspecified atom stereocenters. The maximum atomic E-state index is 13.7. The molecule has 0 saturated carbocycles. The highest BCUT2D eigenvalue weighted by Gasteiger charge is 2.13. The van der Waals surface area contributed by atoms with Gasteiger partial charge in [0.15, 0.2) is 0 Å². The van der Waals surface area contributed by atoms with Gasteiger partial charge in [0.25, 0.3) is 5.91 Å². The van der Waals surface area contributed by atoms with E-state index in [4.69, 9.17) is 4.74 Å². The molecule has 0 radical (unpaired) electrons. The topological polar surface area (TPSA) is 58.6 Å². The Hall–Kier alpha value is -2.67. The summed E-state index contributed by atoms with van der Waals surface area (Å²) in [4.78, 5) is 25.7. The number of nitrogens with zero attached hydrogens (tertiary/aromatic N) is 1. The molecule has 1 N–H and O–H groups in total. The van der Waals surface area contributed by atoms with E-state index in [0.717, 1.165) is 0 Å². The quantitative estimate of drug-likeness (QED) is 0.744. The van der Waals surface area contributed by atoms with Gasteiger partial charge < -0.3 is 15.0 Å². The fourth-order valence-corrected chi connectivity index (χ4v) is 2.56. The van der Waals surface area contributed by atoms with Crippen molar-refractivity contribution in [2.75, 3.05) is 26.5 Å². The van der Waals surface area contributed by atoms with Gasteiger partial charge in [0.05, 0.1) is 12.8 Å². The highest BCUT2D eigenvalue weighted by molar-refractivity contribution is 9.10. The van der Waals surface area contributed by atoms with Crippen molar-refractivity contribution >= 4 is 39.5 Å². The predicted molar refractivity (Wildman–Crippen MR) is 103 cm³/mol. The number of carbonyl (C=O) groups excluding carboxylic acids is 2. The van der Waals surface area contributed by atoms with Crippen LogP contribution in [0.4, 0.5) is 10.1 Å². The average molecular weight is 421 g/mol. The van der Waals surface area contributed by atoms with Gasteiger partial charge in [-0.15, -0.1) is 0 Å². The number of hydrogen-bond donors (Lipinski definition) is 1. The third-order valence-corrected chi connectivity index (χ3v) is 3.98. The highest BCUT2D eigenvalue weighted by atomic mass is 79.9. The highest BCUT2D eigenvalue weighted by Crippen LogP contribution is 2.26. The molecule has 0 fully saturated rings. The van der Waals surface area contributed by atoms with E-state index in [1.807, 2.05) is 0 Å². The number of methoxy groups -OCH3 is 1. The third-order valence-electron chi connectivity index (χ3n) is 3.48. The molecule has 2 rings (SSSR count). The Kier molecular flexibility index (Phi) is 6.52. The number of rotatable bonds is 5. The van der Waals surface area contributed by atoms with E-state index >= 15 is 0 Å². The molecule has 2 aromatic rings. The summed E-state index contributed by atoms with van der Waals surface area (Å²) >= 11 is 3.26. The van der Waals surface area contributed by atoms with Gasteiger partial charge in [-0.05, 0) is 42.5 Å².